The minimum atomic E-state index is -0.720. The second-order valence-corrected chi connectivity index (χ2v) is 5.22. The molecule has 2 aromatic rings. The summed E-state index contributed by atoms with van der Waals surface area (Å²) >= 11 is 0. The second kappa shape index (κ2) is 4.16. The molecule has 0 aliphatic heterocycles. The molecule has 0 bridgehead atoms. The Morgan fingerprint density at radius 3 is 2.94 bits per heavy atom. The van der Waals surface area contributed by atoms with E-state index >= 15 is 0 Å². The fourth-order valence-corrected chi connectivity index (χ4v) is 2.65. The summed E-state index contributed by atoms with van der Waals surface area (Å²) in [5.41, 5.74) is 3.08. The number of aliphatic carboxylic acids is 1. The number of aryl methyl sites for hydroxylation is 1. The predicted octanol–water partition coefficient (Wildman–Crippen LogP) is 3.71. The molecule has 1 N–H and O–H groups in total. The number of carboxylic acid groups (broad SMARTS) is 1. The number of benzene rings is 1. The van der Waals surface area contributed by atoms with Crippen molar-refractivity contribution in [2.75, 3.05) is 0 Å². The first-order valence-electron chi connectivity index (χ1n) is 6.34. The van der Waals surface area contributed by atoms with Crippen LogP contribution in [-0.2, 0) is 4.79 Å². The molecule has 1 aliphatic carbocycles. The smallest absolute Gasteiger partial charge is 0.303 e. The molecule has 1 aromatic carbocycles. The van der Waals surface area contributed by atoms with Gasteiger partial charge in [0.25, 0.3) is 0 Å². The molecule has 94 valence electrons. The summed E-state index contributed by atoms with van der Waals surface area (Å²) in [4.78, 5) is 11.0. The van der Waals surface area contributed by atoms with E-state index < -0.39 is 5.97 Å². The summed E-state index contributed by atoms with van der Waals surface area (Å²) in [6.45, 7) is 2.02. The van der Waals surface area contributed by atoms with Gasteiger partial charge >= 0.3 is 5.97 Å². The van der Waals surface area contributed by atoms with Crippen molar-refractivity contribution in [2.45, 2.75) is 32.1 Å². The van der Waals surface area contributed by atoms with Gasteiger partial charge in [0.2, 0.25) is 0 Å². The van der Waals surface area contributed by atoms with E-state index in [9.17, 15) is 4.79 Å². The van der Waals surface area contributed by atoms with E-state index in [4.69, 9.17) is 9.52 Å². The molecule has 1 aromatic heterocycles. The Balaban J connectivity index is 1.98. The molecule has 1 heterocycles. The molecule has 18 heavy (non-hydrogen) atoms. The highest BCUT2D eigenvalue weighted by Crippen LogP contribution is 2.45. The lowest BCUT2D eigenvalue weighted by atomic mass is 9.90. The van der Waals surface area contributed by atoms with Crippen molar-refractivity contribution in [3.05, 3.63) is 35.6 Å². The summed E-state index contributed by atoms with van der Waals surface area (Å²) in [6, 6.07) is 6.10. The van der Waals surface area contributed by atoms with E-state index in [2.05, 4.69) is 6.07 Å². The van der Waals surface area contributed by atoms with Crippen LogP contribution in [0.2, 0.25) is 0 Å². The SMILES string of the molecule is Cc1coc2cc(C(CC(=O)O)C3CC3)ccc12. The predicted molar refractivity (Wildman–Crippen MR) is 68.7 cm³/mol. The lowest BCUT2D eigenvalue weighted by molar-refractivity contribution is -0.137. The van der Waals surface area contributed by atoms with Crippen LogP contribution in [0.1, 0.15) is 36.3 Å². The van der Waals surface area contributed by atoms with Crippen LogP contribution < -0.4 is 0 Å². The van der Waals surface area contributed by atoms with Gasteiger partial charge in [0.1, 0.15) is 5.58 Å². The molecule has 0 saturated heterocycles. The summed E-state index contributed by atoms with van der Waals surface area (Å²) in [6.07, 6.45) is 4.26. The summed E-state index contributed by atoms with van der Waals surface area (Å²) in [5, 5.41) is 10.1. The summed E-state index contributed by atoms with van der Waals surface area (Å²) in [7, 11) is 0. The maximum atomic E-state index is 11.0. The van der Waals surface area contributed by atoms with Gasteiger partial charge in [0.15, 0.2) is 0 Å². The zero-order valence-electron chi connectivity index (χ0n) is 10.3. The third-order valence-corrected chi connectivity index (χ3v) is 3.81. The van der Waals surface area contributed by atoms with Crippen molar-refractivity contribution in [3.8, 4) is 0 Å². The largest absolute Gasteiger partial charge is 0.481 e. The van der Waals surface area contributed by atoms with Gasteiger partial charge < -0.3 is 9.52 Å². The third kappa shape index (κ3) is 2.01. The molecule has 1 aliphatic rings. The second-order valence-electron chi connectivity index (χ2n) is 5.22. The Labute approximate surface area is 105 Å². The Morgan fingerprint density at radius 1 is 1.50 bits per heavy atom. The normalized spacial score (nSPS) is 16.9. The quantitative estimate of drug-likeness (QED) is 0.891. The van der Waals surface area contributed by atoms with E-state index in [1.165, 1.54) is 0 Å². The van der Waals surface area contributed by atoms with Gasteiger partial charge in [-0.25, -0.2) is 0 Å². The maximum Gasteiger partial charge on any atom is 0.303 e. The highest BCUT2D eigenvalue weighted by molar-refractivity contribution is 5.81. The van der Waals surface area contributed by atoms with E-state index in [-0.39, 0.29) is 12.3 Å². The first kappa shape index (κ1) is 11.3. The Bertz CT molecular complexity index is 593. The van der Waals surface area contributed by atoms with Crippen LogP contribution in [0.15, 0.2) is 28.9 Å². The van der Waals surface area contributed by atoms with Crippen LogP contribution in [0.25, 0.3) is 11.0 Å². The Kier molecular flexibility index (Phi) is 2.62. The van der Waals surface area contributed by atoms with Gasteiger partial charge in [-0.15, -0.1) is 0 Å². The molecule has 1 fully saturated rings. The number of carbonyl (C=O) groups is 1. The van der Waals surface area contributed by atoms with Gasteiger partial charge in [-0.05, 0) is 48.8 Å². The highest BCUT2D eigenvalue weighted by Gasteiger charge is 2.33. The van der Waals surface area contributed by atoms with Gasteiger partial charge in [0.05, 0.1) is 12.7 Å². The fraction of sp³-hybridized carbons (Fsp3) is 0.400. The van der Waals surface area contributed by atoms with Crippen molar-refractivity contribution >= 4 is 16.9 Å². The van der Waals surface area contributed by atoms with Crippen LogP contribution in [-0.4, -0.2) is 11.1 Å². The van der Waals surface area contributed by atoms with Crippen LogP contribution in [0, 0.1) is 12.8 Å². The first-order chi connectivity index (χ1) is 8.65. The average molecular weight is 244 g/mol. The molecular formula is C15H16O3. The number of hydrogen-bond acceptors (Lipinski definition) is 2. The van der Waals surface area contributed by atoms with Gasteiger partial charge in [0, 0.05) is 5.39 Å². The van der Waals surface area contributed by atoms with Crippen LogP contribution in [0.3, 0.4) is 0 Å². The summed E-state index contributed by atoms with van der Waals surface area (Å²) in [5.74, 6) is -0.0467. The molecule has 3 nitrogen and oxygen atoms in total. The molecule has 3 heteroatoms. The Hall–Kier alpha value is -1.77. The zero-order valence-corrected chi connectivity index (χ0v) is 10.3. The number of fused-ring (bicyclic) bond motifs is 1. The first-order valence-corrected chi connectivity index (χ1v) is 6.34. The summed E-state index contributed by atoms with van der Waals surface area (Å²) < 4.78 is 5.50. The molecule has 1 saturated carbocycles. The van der Waals surface area contributed by atoms with Crippen molar-refractivity contribution in [2.24, 2.45) is 5.92 Å². The van der Waals surface area contributed by atoms with E-state index in [0.717, 1.165) is 34.9 Å². The zero-order chi connectivity index (χ0) is 12.7. The molecule has 0 radical (unpaired) electrons. The number of hydrogen-bond donors (Lipinski definition) is 1. The lowest BCUT2D eigenvalue weighted by Crippen LogP contribution is -2.08. The maximum absolute atomic E-state index is 11.0. The molecule has 0 amide bonds. The van der Waals surface area contributed by atoms with E-state index in [1.807, 2.05) is 19.1 Å². The fourth-order valence-electron chi connectivity index (χ4n) is 2.65. The minimum Gasteiger partial charge on any atom is -0.481 e. The third-order valence-electron chi connectivity index (χ3n) is 3.81. The van der Waals surface area contributed by atoms with Crippen molar-refractivity contribution in [3.63, 3.8) is 0 Å². The molecule has 3 rings (SSSR count). The average Bonchev–Trinajstić information content (AvgIpc) is 3.11. The number of rotatable bonds is 4. The Morgan fingerprint density at radius 2 is 2.28 bits per heavy atom. The standard InChI is InChI=1S/C15H16O3/c1-9-8-18-14-6-11(4-5-12(9)14)13(7-15(16)17)10-2-3-10/h4-6,8,10,13H,2-3,7H2,1H3,(H,16,17). The number of furan rings is 1. The molecule has 1 unspecified atom stereocenters. The van der Waals surface area contributed by atoms with E-state index in [1.54, 1.807) is 6.26 Å². The molecule has 1 atom stereocenters. The van der Waals surface area contributed by atoms with Crippen LogP contribution >= 0.6 is 0 Å². The highest BCUT2D eigenvalue weighted by atomic mass is 16.4. The molecule has 0 spiro atoms. The van der Waals surface area contributed by atoms with Crippen molar-refractivity contribution in [1.29, 1.82) is 0 Å². The van der Waals surface area contributed by atoms with Crippen molar-refractivity contribution in [1.82, 2.24) is 0 Å². The lowest BCUT2D eigenvalue weighted by Gasteiger charge is -2.14. The van der Waals surface area contributed by atoms with Crippen LogP contribution in [0.5, 0.6) is 0 Å². The molecular weight excluding hydrogens is 228 g/mol. The van der Waals surface area contributed by atoms with Crippen LogP contribution in [0.4, 0.5) is 0 Å². The van der Waals surface area contributed by atoms with E-state index in [0.29, 0.717) is 5.92 Å². The van der Waals surface area contributed by atoms with Crippen molar-refractivity contribution < 1.29 is 14.3 Å². The monoisotopic (exact) mass is 244 g/mol. The topological polar surface area (TPSA) is 50.4 Å². The number of carboxylic acids is 1. The minimum absolute atomic E-state index is 0.136. The van der Waals surface area contributed by atoms with Gasteiger partial charge in [-0.1, -0.05) is 12.1 Å². The van der Waals surface area contributed by atoms with Gasteiger partial charge in [-0.3, -0.25) is 4.79 Å². The van der Waals surface area contributed by atoms with Gasteiger partial charge in [-0.2, -0.15) is 0 Å².